The van der Waals surface area contributed by atoms with Gasteiger partial charge in [0.25, 0.3) is 0 Å². The molecule has 1 unspecified atom stereocenters. The zero-order valence-electron chi connectivity index (χ0n) is 11.2. The topological polar surface area (TPSA) is 30.3 Å². The monoisotopic (exact) mass is 223 g/mol. The van der Waals surface area contributed by atoms with Crippen LogP contribution >= 0.6 is 0 Å². The predicted molar refractivity (Wildman–Crippen MR) is 67.2 cm³/mol. The van der Waals surface area contributed by atoms with Gasteiger partial charge < -0.3 is 4.90 Å². The van der Waals surface area contributed by atoms with Crippen LogP contribution in [0.15, 0.2) is 0 Å². The van der Waals surface area contributed by atoms with Crippen molar-refractivity contribution in [2.45, 2.75) is 38.6 Å². The largest absolute Gasteiger partial charge is 0.309 e. The first-order valence-electron chi connectivity index (χ1n) is 6.25. The molecule has 1 aliphatic heterocycles. The molecule has 16 heavy (non-hydrogen) atoms. The first-order chi connectivity index (χ1) is 7.48. The molecule has 1 aliphatic rings. The van der Waals surface area contributed by atoms with Crippen molar-refractivity contribution in [3.05, 3.63) is 0 Å². The van der Waals surface area contributed by atoms with Crippen LogP contribution in [0.2, 0.25) is 0 Å². The molecule has 1 saturated heterocycles. The average molecular weight is 223 g/mol. The lowest BCUT2D eigenvalue weighted by Gasteiger charge is -2.35. The first-order valence-corrected chi connectivity index (χ1v) is 6.25. The fourth-order valence-electron chi connectivity index (χ4n) is 2.65. The van der Waals surface area contributed by atoms with Gasteiger partial charge in [-0.3, -0.25) is 4.90 Å². The molecule has 1 heterocycles. The summed E-state index contributed by atoms with van der Waals surface area (Å²) >= 11 is 0. The van der Waals surface area contributed by atoms with Gasteiger partial charge in [0, 0.05) is 12.0 Å². The molecule has 3 nitrogen and oxygen atoms in total. The van der Waals surface area contributed by atoms with Crippen LogP contribution < -0.4 is 0 Å². The third-order valence-corrected chi connectivity index (χ3v) is 3.93. The molecule has 0 aromatic heterocycles. The van der Waals surface area contributed by atoms with Gasteiger partial charge in [-0.25, -0.2) is 0 Å². The summed E-state index contributed by atoms with van der Waals surface area (Å²) in [4.78, 5) is 4.79. The lowest BCUT2D eigenvalue weighted by molar-refractivity contribution is 0.134. The van der Waals surface area contributed by atoms with E-state index in [0.29, 0.717) is 12.3 Å². The first kappa shape index (κ1) is 13.5. The summed E-state index contributed by atoms with van der Waals surface area (Å²) in [5.41, 5.74) is 0.210. The molecule has 0 bridgehead atoms. The van der Waals surface area contributed by atoms with Crippen LogP contribution in [0, 0.1) is 17.2 Å². The Kier molecular flexibility index (Phi) is 4.76. The molecule has 92 valence electrons. The van der Waals surface area contributed by atoms with Crippen molar-refractivity contribution in [1.82, 2.24) is 9.80 Å². The molecule has 0 amide bonds. The van der Waals surface area contributed by atoms with E-state index in [-0.39, 0.29) is 5.54 Å². The highest BCUT2D eigenvalue weighted by atomic mass is 15.2. The molecule has 0 aromatic carbocycles. The quantitative estimate of drug-likeness (QED) is 0.713. The van der Waals surface area contributed by atoms with Gasteiger partial charge in [0.2, 0.25) is 0 Å². The Labute approximate surface area is 100 Å². The van der Waals surface area contributed by atoms with E-state index in [9.17, 15) is 0 Å². The number of likely N-dealkylation sites (tertiary alicyclic amines) is 1. The lowest BCUT2D eigenvalue weighted by Crippen LogP contribution is -2.43. The van der Waals surface area contributed by atoms with Crippen LogP contribution in [-0.4, -0.2) is 49.1 Å². The second-order valence-corrected chi connectivity index (χ2v) is 5.65. The van der Waals surface area contributed by atoms with Gasteiger partial charge in [-0.1, -0.05) is 0 Å². The normalized spacial score (nSPS) is 24.9. The summed E-state index contributed by atoms with van der Waals surface area (Å²) in [6.07, 6.45) is 3.11. The predicted octanol–water partition coefficient (Wildman–Crippen LogP) is 1.95. The average Bonchev–Trinajstić information content (AvgIpc) is 2.45. The maximum Gasteiger partial charge on any atom is 0.0625 e. The number of nitriles is 1. The van der Waals surface area contributed by atoms with Gasteiger partial charge in [-0.2, -0.15) is 5.26 Å². The minimum absolute atomic E-state index is 0.210. The number of rotatable bonds is 5. The van der Waals surface area contributed by atoms with Crippen LogP contribution in [0.3, 0.4) is 0 Å². The van der Waals surface area contributed by atoms with Crippen molar-refractivity contribution in [3.8, 4) is 6.07 Å². The fourth-order valence-corrected chi connectivity index (χ4v) is 2.65. The highest BCUT2D eigenvalue weighted by Crippen LogP contribution is 2.36. The van der Waals surface area contributed by atoms with Crippen LogP contribution in [0.1, 0.15) is 33.1 Å². The van der Waals surface area contributed by atoms with Crippen molar-refractivity contribution >= 4 is 0 Å². The molecule has 1 rings (SSSR count). The van der Waals surface area contributed by atoms with Crippen molar-refractivity contribution in [1.29, 1.82) is 5.26 Å². The second-order valence-electron chi connectivity index (χ2n) is 5.65. The minimum atomic E-state index is 0.210. The molecule has 1 atom stereocenters. The number of hydrogen-bond donors (Lipinski definition) is 0. The van der Waals surface area contributed by atoms with Gasteiger partial charge in [-0.15, -0.1) is 0 Å². The molecule has 0 aliphatic carbocycles. The Balaban J connectivity index is 2.42. The van der Waals surface area contributed by atoms with E-state index in [4.69, 9.17) is 5.26 Å². The molecule has 0 spiro atoms. The maximum absolute atomic E-state index is 8.82. The molecule has 1 fully saturated rings. The fraction of sp³-hybridized carbons (Fsp3) is 0.923. The SMILES string of the molecule is CN(C)CCCN1CCC(CC#N)C1(C)C. The Hall–Kier alpha value is -0.590. The summed E-state index contributed by atoms with van der Waals surface area (Å²) in [6.45, 7) is 8.05. The molecule has 3 heteroatoms. The maximum atomic E-state index is 8.82. The zero-order valence-corrected chi connectivity index (χ0v) is 11.2. The number of hydrogen-bond acceptors (Lipinski definition) is 3. The van der Waals surface area contributed by atoms with Crippen LogP contribution in [-0.2, 0) is 0 Å². The second kappa shape index (κ2) is 5.65. The van der Waals surface area contributed by atoms with Crippen LogP contribution in [0.4, 0.5) is 0 Å². The van der Waals surface area contributed by atoms with E-state index < -0.39 is 0 Å². The highest BCUT2D eigenvalue weighted by Gasteiger charge is 2.40. The summed E-state index contributed by atoms with van der Waals surface area (Å²) in [6, 6.07) is 2.33. The Morgan fingerprint density at radius 2 is 2.12 bits per heavy atom. The van der Waals surface area contributed by atoms with Crippen molar-refractivity contribution in [2.75, 3.05) is 33.7 Å². The van der Waals surface area contributed by atoms with Crippen molar-refractivity contribution in [3.63, 3.8) is 0 Å². The van der Waals surface area contributed by atoms with Gasteiger partial charge in [0.15, 0.2) is 0 Å². The van der Waals surface area contributed by atoms with Crippen molar-refractivity contribution < 1.29 is 0 Å². The Bertz CT molecular complexity index is 252. The van der Waals surface area contributed by atoms with Gasteiger partial charge in [-0.05, 0) is 66.3 Å². The Morgan fingerprint density at radius 3 is 2.69 bits per heavy atom. The standard InChI is InChI=1S/C13H25N3/c1-13(2)12(6-8-14)7-11-16(13)10-5-9-15(3)4/h12H,5-7,9-11H2,1-4H3. The molecule has 0 radical (unpaired) electrons. The number of nitrogens with zero attached hydrogens (tertiary/aromatic N) is 3. The van der Waals surface area contributed by atoms with Crippen LogP contribution in [0.5, 0.6) is 0 Å². The third kappa shape index (κ3) is 3.20. The van der Waals surface area contributed by atoms with E-state index in [1.54, 1.807) is 0 Å². The summed E-state index contributed by atoms with van der Waals surface area (Å²) in [5, 5.41) is 8.82. The highest BCUT2D eigenvalue weighted by molar-refractivity contribution is 4.98. The molecule has 0 N–H and O–H groups in total. The van der Waals surface area contributed by atoms with Gasteiger partial charge >= 0.3 is 0 Å². The summed E-state index contributed by atoms with van der Waals surface area (Å²) in [7, 11) is 4.24. The summed E-state index contributed by atoms with van der Waals surface area (Å²) in [5.74, 6) is 0.553. The molecular formula is C13H25N3. The minimum Gasteiger partial charge on any atom is -0.309 e. The van der Waals surface area contributed by atoms with E-state index in [0.717, 1.165) is 19.6 Å². The van der Waals surface area contributed by atoms with E-state index in [2.05, 4.69) is 43.8 Å². The summed E-state index contributed by atoms with van der Waals surface area (Å²) < 4.78 is 0. The Morgan fingerprint density at radius 1 is 1.44 bits per heavy atom. The zero-order chi connectivity index (χ0) is 12.2. The van der Waals surface area contributed by atoms with E-state index in [1.165, 1.54) is 12.8 Å². The van der Waals surface area contributed by atoms with Gasteiger partial charge in [0.05, 0.1) is 6.07 Å². The molecule has 0 saturated carbocycles. The molecule has 0 aromatic rings. The lowest BCUT2D eigenvalue weighted by atomic mass is 9.86. The smallest absolute Gasteiger partial charge is 0.0625 e. The molecular weight excluding hydrogens is 198 g/mol. The third-order valence-electron chi connectivity index (χ3n) is 3.93. The van der Waals surface area contributed by atoms with E-state index >= 15 is 0 Å². The van der Waals surface area contributed by atoms with Gasteiger partial charge in [0.1, 0.15) is 0 Å². The van der Waals surface area contributed by atoms with E-state index in [1.807, 2.05) is 0 Å². The van der Waals surface area contributed by atoms with Crippen molar-refractivity contribution in [2.24, 2.45) is 5.92 Å². The van der Waals surface area contributed by atoms with Crippen LogP contribution in [0.25, 0.3) is 0 Å².